The zero-order valence-electron chi connectivity index (χ0n) is 10.9. The number of hydrogen-bond acceptors (Lipinski definition) is 1. The van der Waals surface area contributed by atoms with Crippen molar-refractivity contribution in [2.45, 2.75) is 19.4 Å². The third-order valence-corrected chi connectivity index (χ3v) is 4.46. The summed E-state index contributed by atoms with van der Waals surface area (Å²) in [5, 5.41) is 4.40. The second-order valence-corrected chi connectivity index (χ2v) is 6.00. The Morgan fingerprint density at radius 1 is 1.11 bits per heavy atom. The molecule has 2 aromatic carbocycles. The van der Waals surface area contributed by atoms with E-state index in [1.54, 1.807) is 0 Å². The first-order valence-corrected chi connectivity index (χ1v) is 7.89. The van der Waals surface area contributed by atoms with Gasteiger partial charge in [0.15, 0.2) is 0 Å². The first kappa shape index (κ1) is 14.8. The van der Waals surface area contributed by atoms with Crippen LogP contribution in [0.15, 0.2) is 48.5 Å². The molecule has 0 fully saturated rings. The van der Waals surface area contributed by atoms with Crippen LogP contribution >= 0.6 is 34.2 Å². The number of benzene rings is 2. The smallest absolute Gasteiger partial charge is 0.0438 e. The molecule has 19 heavy (non-hydrogen) atoms. The molecule has 100 valence electrons. The molecule has 2 rings (SSSR count). The van der Waals surface area contributed by atoms with Crippen molar-refractivity contribution in [3.63, 3.8) is 0 Å². The maximum Gasteiger partial charge on any atom is 0.0438 e. The average Bonchev–Trinajstić information content (AvgIpc) is 2.41. The normalized spacial score (nSPS) is 12.4. The molecular weight excluding hydrogens is 369 g/mol. The van der Waals surface area contributed by atoms with Gasteiger partial charge in [-0.25, -0.2) is 0 Å². The molecule has 0 radical (unpaired) electrons. The lowest BCUT2D eigenvalue weighted by Crippen LogP contribution is -2.23. The van der Waals surface area contributed by atoms with Gasteiger partial charge >= 0.3 is 0 Å². The lowest BCUT2D eigenvalue weighted by molar-refractivity contribution is 0.548. The molecule has 2 aromatic rings. The monoisotopic (exact) mass is 385 g/mol. The van der Waals surface area contributed by atoms with E-state index in [-0.39, 0.29) is 0 Å². The van der Waals surface area contributed by atoms with Crippen molar-refractivity contribution < 1.29 is 0 Å². The number of rotatable bonds is 5. The molecule has 0 aliphatic rings. The van der Waals surface area contributed by atoms with Crippen LogP contribution in [0.4, 0.5) is 0 Å². The van der Waals surface area contributed by atoms with Crippen LogP contribution < -0.4 is 5.32 Å². The minimum absolute atomic E-state index is 0.304. The molecule has 0 saturated heterocycles. The van der Waals surface area contributed by atoms with Gasteiger partial charge in [-0.15, -0.1) is 0 Å². The topological polar surface area (TPSA) is 12.0 Å². The van der Waals surface area contributed by atoms with Crippen LogP contribution in [0.3, 0.4) is 0 Å². The van der Waals surface area contributed by atoms with E-state index in [9.17, 15) is 0 Å². The van der Waals surface area contributed by atoms with E-state index in [1.807, 2.05) is 18.2 Å². The van der Waals surface area contributed by atoms with Crippen LogP contribution in [0.2, 0.25) is 5.02 Å². The Morgan fingerprint density at radius 2 is 1.79 bits per heavy atom. The summed E-state index contributed by atoms with van der Waals surface area (Å²) in [7, 11) is 0. The maximum absolute atomic E-state index is 6.27. The van der Waals surface area contributed by atoms with Gasteiger partial charge in [0, 0.05) is 14.6 Å². The second-order valence-electron chi connectivity index (χ2n) is 4.43. The van der Waals surface area contributed by atoms with Crippen molar-refractivity contribution in [2.75, 3.05) is 6.54 Å². The van der Waals surface area contributed by atoms with Crippen molar-refractivity contribution in [2.24, 2.45) is 0 Å². The molecular formula is C16H17ClIN. The minimum Gasteiger partial charge on any atom is -0.310 e. The van der Waals surface area contributed by atoms with Crippen molar-refractivity contribution in [3.8, 4) is 0 Å². The Bertz CT molecular complexity index is 542. The molecule has 0 spiro atoms. The SMILES string of the molecule is CCNC(Cc1ccccc1Cl)c1ccccc1I. The van der Waals surface area contributed by atoms with E-state index in [0.717, 1.165) is 18.0 Å². The van der Waals surface area contributed by atoms with Gasteiger partial charge in [-0.2, -0.15) is 0 Å². The standard InChI is InChI=1S/C16H17ClIN/c1-2-19-16(13-8-4-6-10-15(13)18)11-12-7-3-5-9-14(12)17/h3-10,16,19H,2,11H2,1H3. The molecule has 1 nitrogen and oxygen atoms in total. The Balaban J connectivity index is 2.27. The van der Waals surface area contributed by atoms with Crippen molar-refractivity contribution in [1.82, 2.24) is 5.32 Å². The minimum atomic E-state index is 0.304. The molecule has 0 aromatic heterocycles. The van der Waals surface area contributed by atoms with E-state index in [0.29, 0.717) is 6.04 Å². The maximum atomic E-state index is 6.27. The number of nitrogens with one attached hydrogen (secondary N) is 1. The van der Waals surface area contributed by atoms with Gasteiger partial charge in [0.2, 0.25) is 0 Å². The third-order valence-electron chi connectivity index (χ3n) is 3.11. The molecule has 0 amide bonds. The van der Waals surface area contributed by atoms with Gasteiger partial charge in [0.1, 0.15) is 0 Å². The van der Waals surface area contributed by atoms with Crippen LogP contribution in [0, 0.1) is 3.57 Å². The number of likely N-dealkylation sites (N-methyl/N-ethyl adjacent to an activating group) is 1. The van der Waals surface area contributed by atoms with Gasteiger partial charge in [-0.05, 0) is 58.8 Å². The second kappa shape index (κ2) is 7.27. The highest BCUT2D eigenvalue weighted by atomic mass is 127. The number of halogens is 2. The summed E-state index contributed by atoms with van der Waals surface area (Å²) in [5.74, 6) is 0. The Morgan fingerprint density at radius 3 is 2.47 bits per heavy atom. The van der Waals surface area contributed by atoms with Crippen LogP contribution in [0.1, 0.15) is 24.1 Å². The zero-order chi connectivity index (χ0) is 13.7. The van der Waals surface area contributed by atoms with E-state index < -0.39 is 0 Å². The fraction of sp³-hybridized carbons (Fsp3) is 0.250. The predicted octanol–water partition coefficient (Wildman–Crippen LogP) is 4.84. The molecule has 1 unspecified atom stereocenters. The summed E-state index contributed by atoms with van der Waals surface area (Å²) < 4.78 is 1.29. The summed E-state index contributed by atoms with van der Waals surface area (Å²) in [6.07, 6.45) is 0.910. The van der Waals surface area contributed by atoms with E-state index >= 15 is 0 Å². The largest absolute Gasteiger partial charge is 0.310 e. The zero-order valence-corrected chi connectivity index (χ0v) is 13.8. The Labute approximate surface area is 133 Å². The summed E-state index contributed by atoms with van der Waals surface area (Å²) in [4.78, 5) is 0. The van der Waals surface area contributed by atoms with Crippen LogP contribution in [-0.2, 0) is 6.42 Å². The van der Waals surface area contributed by atoms with E-state index in [2.05, 4.69) is 65.2 Å². The predicted molar refractivity (Wildman–Crippen MR) is 90.7 cm³/mol. The van der Waals surface area contributed by atoms with Gasteiger partial charge in [-0.1, -0.05) is 54.9 Å². The van der Waals surface area contributed by atoms with Crippen LogP contribution in [0.5, 0.6) is 0 Å². The lowest BCUT2D eigenvalue weighted by atomic mass is 9.99. The quantitative estimate of drug-likeness (QED) is 0.726. The molecule has 0 bridgehead atoms. The molecule has 0 aliphatic heterocycles. The molecule has 0 saturated carbocycles. The third kappa shape index (κ3) is 3.94. The van der Waals surface area contributed by atoms with Crippen LogP contribution in [-0.4, -0.2) is 6.54 Å². The van der Waals surface area contributed by atoms with E-state index in [1.165, 1.54) is 14.7 Å². The molecule has 0 aliphatic carbocycles. The molecule has 1 atom stereocenters. The Hall–Kier alpha value is -0.580. The summed E-state index contributed by atoms with van der Waals surface area (Å²) >= 11 is 8.66. The fourth-order valence-corrected chi connectivity index (χ4v) is 3.16. The number of hydrogen-bond donors (Lipinski definition) is 1. The van der Waals surface area contributed by atoms with Gasteiger partial charge < -0.3 is 5.32 Å². The van der Waals surface area contributed by atoms with Crippen molar-refractivity contribution >= 4 is 34.2 Å². The van der Waals surface area contributed by atoms with Gasteiger partial charge in [0.25, 0.3) is 0 Å². The highest BCUT2D eigenvalue weighted by Crippen LogP contribution is 2.26. The summed E-state index contributed by atoms with van der Waals surface area (Å²) in [6.45, 7) is 3.08. The molecule has 0 heterocycles. The first-order valence-electron chi connectivity index (χ1n) is 6.43. The Kier molecular flexibility index (Phi) is 5.67. The highest BCUT2D eigenvalue weighted by Gasteiger charge is 2.14. The highest BCUT2D eigenvalue weighted by molar-refractivity contribution is 14.1. The van der Waals surface area contributed by atoms with Gasteiger partial charge in [-0.3, -0.25) is 0 Å². The van der Waals surface area contributed by atoms with Crippen LogP contribution in [0.25, 0.3) is 0 Å². The molecule has 3 heteroatoms. The van der Waals surface area contributed by atoms with Crippen molar-refractivity contribution in [1.29, 1.82) is 0 Å². The summed E-state index contributed by atoms with van der Waals surface area (Å²) in [6, 6.07) is 16.9. The van der Waals surface area contributed by atoms with Crippen molar-refractivity contribution in [3.05, 3.63) is 68.3 Å². The fourth-order valence-electron chi connectivity index (χ4n) is 2.18. The van der Waals surface area contributed by atoms with Gasteiger partial charge in [0.05, 0.1) is 0 Å². The first-order chi connectivity index (χ1) is 9.22. The summed E-state index contributed by atoms with van der Waals surface area (Å²) in [5.41, 5.74) is 2.53. The lowest BCUT2D eigenvalue weighted by Gasteiger charge is -2.20. The molecule has 1 N–H and O–H groups in total. The average molecular weight is 386 g/mol. The van der Waals surface area contributed by atoms with E-state index in [4.69, 9.17) is 11.6 Å².